The van der Waals surface area contributed by atoms with E-state index in [9.17, 15) is 4.79 Å². The van der Waals surface area contributed by atoms with Gasteiger partial charge < -0.3 is 0 Å². The van der Waals surface area contributed by atoms with Gasteiger partial charge in [-0.2, -0.15) is 0 Å². The summed E-state index contributed by atoms with van der Waals surface area (Å²) in [5.41, 5.74) is 0.936. The summed E-state index contributed by atoms with van der Waals surface area (Å²) in [5.74, 6) is 0. The molecular weight excluding hydrogens is 226 g/mol. The van der Waals surface area contributed by atoms with Gasteiger partial charge in [-0.25, -0.2) is 4.99 Å². The van der Waals surface area contributed by atoms with Crippen LogP contribution in [0.3, 0.4) is 0 Å². The number of carbonyl (C=O) groups is 1. The van der Waals surface area contributed by atoms with Crippen molar-refractivity contribution in [3.8, 4) is 0 Å². The van der Waals surface area contributed by atoms with Gasteiger partial charge in [-0.1, -0.05) is 25.1 Å². The number of aliphatic imine (C=N–C) groups is 1. The van der Waals surface area contributed by atoms with Crippen LogP contribution >= 0.6 is 21.6 Å². The first kappa shape index (κ1) is 12.3. The van der Waals surface area contributed by atoms with Gasteiger partial charge >= 0.3 is 0 Å². The highest BCUT2D eigenvalue weighted by Gasteiger charge is 2.01. The van der Waals surface area contributed by atoms with Gasteiger partial charge in [-0.15, -0.1) is 0 Å². The van der Waals surface area contributed by atoms with Crippen molar-refractivity contribution < 1.29 is 4.79 Å². The van der Waals surface area contributed by atoms with Crippen LogP contribution in [0.5, 0.6) is 0 Å². The largest absolute Gasteiger partial charge is 0.287 e. The Bertz CT molecular complexity index is 349. The fourth-order valence-corrected chi connectivity index (χ4v) is 2.49. The smallest absolute Gasteiger partial charge is 0.196 e. The number of benzene rings is 1. The Kier molecular flexibility index (Phi) is 5.50. The van der Waals surface area contributed by atoms with Crippen LogP contribution in [-0.2, 0) is 4.79 Å². The van der Waals surface area contributed by atoms with Crippen molar-refractivity contribution in [1.29, 1.82) is 0 Å². The Morgan fingerprint density at radius 3 is 2.47 bits per heavy atom. The van der Waals surface area contributed by atoms with Crippen LogP contribution in [0.2, 0.25) is 0 Å². The maximum absolute atomic E-state index is 10.8. The second kappa shape index (κ2) is 6.69. The Hall–Kier alpha value is -0.740. The molecule has 0 fully saturated rings. The van der Waals surface area contributed by atoms with Crippen LogP contribution in [-0.4, -0.2) is 10.2 Å². The molecule has 1 aromatic rings. The first-order valence-electron chi connectivity index (χ1n) is 4.70. The van der Waals surface area contributed by atoms with E-state index in [1.54, 1.807) is 6.92 Å². The van der Waals surface area contributed by atoms with Crippen LogP contribution in [0.4, 0.5) is 5.69 Å². The fourth-order valence-electron chi connectivity index (χ4n) is 0.910. The Morgan fingerprint density at radius 2 is 1.93 bits per heavy atom. The summed E-state index contributed by atoms with van der Waals surface area (Å²) in [6.45, 7) is 3.60. The molecule has 0 bridgehead atoms. The summed E-state index contributed by atoms with van der Waals surface area (Å²) in [7, 11) is 2.67. The number of carbonyl (C=O) groups excluding carboxylic acids is 1. The molecule has 0 amide bonds. The molecule has 0 spiro atoms. The molecule has 4 heteroatoms. The standard InChI is InChI=1S/C11H13NOS2/c1-3-11(15-14-9(2)13)12-10-7-5-4-6-8-10/h4-8H,3H2,1-2H3. The lowest BCUT2D eigenvalue weighted by molar-refractivity contribution is -0.109. The summed E-state index contributed by atoms with van der Waals surface area (Å²) in [4.78, 5) is 15.3. The van der Waals surface area contributed by atoms with Crippen LogP contribution in [0.25, 0.3) is 0 Å². The summed E-state index contributed by atoms with van der Waals surface area (Å²) >= 11 is 0. The Morgan fingerprint density at radius 1 is 1.27 bits per heavy atom. The fraction of sp³-hybridized carbons (Fsp3) is 0.273. The molecule has 0 aliphatic carbocycles. The van der Waals surface area contributed by atoms with Gasteiger partial charge in [0.1, 0.15) is 0 Å². The quantitative estimate of drug-likeness (QED) is 0.443. The lowest BCUT2D eigenvalue weighted by Crippen LogP contribution is -1.87. The zero-order valence-electron chi connectivity index (χ0n) is 8.77. The SMILES string of the molecule is CCC(=Nc1ccccc1)SSC(C)=O. The lowest BCUT2D eigenvalue weighted by atomic mass is 10.3. The molecule has 2 nitrogen and oxygen atoms in total. The van der Waals surface area contributed by atoms with Crippen molar-refractivity contribution in [2.24, 2.45) is 4.99 Å². The molecule has 0 saturated carbocycles. The average molecular weight is 239 g/mol. The van der Waals surface area contributed by atoms with Crippen LogP contribution in [0.1, 0.15) is 20.3 Å². The predicted molar refractivity (Wildman–Crippen MR) is 69.7 cm³/mol. The van der Waals surface area contributed by atoms with Crippen molar-refractivity contribution in [3.05, 3.63) is 30.3 Å². The van der Waals surface area contributed by atoms with Gasteiger partial charge in [0, 0.05) is 6.92 Å². The van der Waals surface area contributed by atoms with E-state index in [0.717, 1.165) is 17.2 Å². The van der Waals surface area contributed by atoms with Gasteiger partial charge in [-0.3, -0.25) is 4.79 Å². The van der Waals surface area contributed by atoms with Gasteiger partial charge in [-0.05, 0) is 40.1 Å². The molecule has 15 heavy (non-hydrogen) atoms. The molecule has 0 atom stereocenters. The molecule has 80 valence electrons. The Labute approximate surface area is 98.0 Å². The third-order valence-electron chi connectivity index (χ3n) is 1.57. The van der Waals surface area contributed by atoms with E-state index in [4.69, 9.17) is 0 Å². The maximum Gasteiger partial charge on any atom is 0.196 e. The molecule has 1 aromatic carbocycles. The lowest BCUT2D eigenvalue weighted by Gasteiger charge is -2.00. The molecule has 0 aliphatic heterocycles. The summed E-state index contributed by atoms with van der Waals surface area (Å²) in [6.07, 6.45) is 0.847. The third kappa shape index (κ3) is 5.04. The van der Waals surface area contributed by atoms with Crippen molar-refractivity contribution in [2.45, 2.75) is 20.3 Å². The second-order valence-electron chi connectivity index (χ2n) is 2.85. The molecular formula is C11H13NOS2. The van der Waals surface area contributed by atoms with Crippen LogP contribution < -0.4 is 0 Å². The number of hydrogen-bond donors (Lipinski definition) is 0. The Balaban J connectivity index is 2.65. The molecule has 0 aliphatic rings. The molecule has 0 saturated heterocycles. The normalized spacial score (nSPS) is 11.5. The predicted octanol–water partition coefficient (Wildman–Crippen LogP) is 4.05. The van der Waals surface area contributed by atoms with E-state index in [2.05, 4.69) is 4.99 Å². The number of hydrogen-bond acceptors (Lipinski definition) is 4. The topological polar surface area (TPSA) is 29.4 Å². The molecule has 1 rings (SSSR count). The summed E-state index contributed by atoms with van der Waals surface area (Å²) in [6, 6.07) is 9.77. The maximum atomic E-state index is 10.8. The van der Waals surface area contributed by atoms with E-state index in [1.165, 1.54) is 21.6 Å². The van der Waals surface area contributed by atoms with E-state index in [-0.39, 0.29) is 5.12 Å². The molecule has 0 aromatic heterocycles. The summed E-state index contributed by atoms with van der Waals surface area (Å²) in [5, 5.41) is 1.08. The molecule has 0 unspecified atom stereocenters. The van der Waals surface area contributed by atoms with E-state index < -0.39 is 0 Å². The van der Waals surface area contributed by atoms with E-state index >= 15 is 0 Å². The van der Waals surface area contributed by atoms with Crippen LogP contribution in [0.15, 0.2) is 35.3 Å². The van der Waals surface area contributed by atoms with Crippen LogP contribution in [0, 0.1) is 0 Å². The number of nitrogens with zero attached hydrogens (tertiary/aromatic N) is 1. The minimum atomic E-state index is 0.106. The molecule has 0 radical (unpaired) electrons. The highest BCUT2D eigenvalue weighted by molar-refractivity contribution is 8.87. The highest BCUT2D eigenvalue weighted by Crippen LogP contribution is 2.27. The minimum absolute atomic E-state index is 0.106. The first-order chi connectivity index (χ1) is 7.22. The zero-order valence-corrected chi connectivity index (χ0v) is 10.4. The van der Waals surface area contributed by atoms with Crippen molar-refractivity contribution in [1.82, 2.24) is 0 Å². The molecule has 0 N–H and O–H groups in total. The van der Waals surface area contributed by atoms with Crippen molar-refractivity contribution >= 4 is 37.4 Å². The summed E-state index contributed by atoms with van der Waals surface area (Å²) < 4.78 is 0. The minimum Gasteiger partial charge on any atom is -0.287 e. The molecule has 0 heterocycles. The van der Waals surface area contributed by atoms with Gasteiger partial charge in [0.15, 0.2) is 5.12 Å². The van der Waals surface area contributed by atoms with Gasteiger partial charge in [0.2, 0.25) is 0 Å². The van der Waals surface area contributed by atoms with Crippen molar-refractivity contribution in [2.75, 3.05) is 0 Å². The third-order valence-corrected chi connectivity index (χ3v) is 3.99. The number of para-hydroxylation sites is 1. The van der Waals surface area contributed by atoms with Gasteiger partial charge in [0.25, 0.3) is 0 Å². The highest BCUT2D eigenvalue weighted by atomic mass is 33.1. The zero-order chi connectivity index (χ0) is 11.1. The number of rotatable bonds is 2. The van der Waals surface area contributed by atoms with Gasteiger partial charge in [0.05, 0.1) is 10.7 Å². The first-order valence-corrected chi connectivity index (χ1v) is 6.85. The monoisotopic (exact) mass is 239 g/mol. The van der Waals surface area contributed by atoms with E-state index in [0.29, 0.717) is 0 Å². The average Bonchev–Trinajstić information content (AvgIpc) is 2.25. The van der Waals surface area contributed by atoms with E-state index in [1.807, 2.05) is 37.3 Å². The second-order valence-corrected chi connectivity index (χ2v) is 5.23. The van der Waals surface area contributed by atoms with Crippen molar-refractivity contribution in [3.63, 3.8) is 0 Å².